The summed E-state index contributed by atoms with van der Waals surface area (Å²) in [6, 6.07) is 17.5. The molecule has 0 atom stereocenters. The van der Waals surface area contributed by atoms with E-state index in [2.05, 4.69) is 34.1 Å². The van der Waals surface area contributed by atoms with Crippen LogP contribution in [0, 0.1) is 0 Å². The molecule has 0 bridgehead atoms. The molecule has 2 aromatic rings. The Morgan fingerprint density at radius 1 is 0.593 bits per heavy atom. The van der Waals surface area contributed by atoms with Crippen molar-refractivity contribution in [1.29, 1.82) is 0 Å². The zero-order valence-corrected chi connectivity index (χ0v) is 16.4. The van der Waals surface area contributed by atoms with Crippen LogP contribution in [-0.4, -0.2) is 52.0 Å². The highest BCUT2D eigenvalue weighted by Gasteiger charge is 2.28. The van der Waals surface area contributed by atoms with Crippen LogP contribution in [0.15, 0.2) is 59.5 Å². The molecule has 2 fully saturated rings. The fourth-order valence-corrected chi connectivity index (χ4v) is 5.40. The summed E-state index contributed by atoms with van der Waals surface area (Å²) in [4.78, 5) is 5.11. The van der Waals surface area contributed by atoms with E-state index < -0.39 is 10.0 Å². The molecular weight excluding hydrogens is 358 g/mol. The van der Waals surface area contributed by atoms with E-state index in [0.717, 1.165) is 26.2 Å². The predicted octanol–water partition coefficient (Wildman–Crippen LogP) is 3.19. The molecule has 0 aliphatic carbocycles. The van der Waals surface area contributed by atoms with Gasteiger partial charge in [0.2, 0.25) is 10.0 Å². The third kappa shape index (κ3) is 3.96. The lowest BCUT2D eigenvalue weighted by molar-refractivity contribution is 0.385. The van der Waals surface area contributed by atoms with Crippen LogP contribution in [0.25, 0.3) is 0 Å². The normalized spacial score (nSPS) is 19.3. The summed E-state index contributed by atoms with van der Waals surface area (Å²) in [7, 11) is -3.39. The minimum absolute atomic E-state index is 0.379. The SMILES string of the molecule is O=S(=O)(c1ccccc1)N1CCN(c2ccc(N3CCCCC3)cc2)CC1. The highest BCUT2D eigenvalue weighted by molar-refractivity contribution is 7.89. The van der Waals surface area contributed by atoms with Crippen LogP contribution in [0.3, 0.4) is 0 Å². The number of sulfonamides is 1. The number of piperidine rings is 1. The van der Waals surface area contributed by atoms with Crippen molar-refractivity contribution in [2.75, 3.05) is 49.1 Å². The second kappa shape index (κ2) is 7.90. The second-order valence-corrected chi connectivity index (χ2v) is 9.21. The monoisotopic (exact) mass is 385 g/mol. The molecule has 2 aliphatic rings. The molecule has 144 valence electrons. The third-order valence-corrected chi connectivity index (χ3v) is 7.47. The first-order chi connectivity index (χ1) is 13.1. The molecule has 2 saturated heterocycles. The van der Waals surface area contributed by atoms with Crippen molar-refractivity contribution in [3.05, 3.63) is 54.6 Å². The Bertz CT molecular complexity index is 839. The van der Waals surface area contributed by atoms with E-state index in [1.54, 1.807) is 28.6 Å². The standard InChI is InChI=1S/C21H27N3O2S/c25-27(26,21-7-3-1-4-8-21)24-17-15-23(16-18-24)20-11-9-19(10-12-20)22-13-5-2-6-14-22/h1,3-4,7-12H,2,5-6,13-18H2. The van der Waals surface area contributed by atoms with Crippen molar-refractivity contribution in [2.45, 2.75) is 24.2 Å². The molecule has 2 heterocycles. The van der Waals surface area contributed by atoms with Gasteiger partial charge in [-0.15, -0.1) is 0 Å². The zero-order valence-electron chi connectivity index (χ0n) is 15.6. The zero-order chi connectivity index (χ0) is 18.7. The fourth-order valence-electron chi connectivity index (χ4n) is 3.95. The van der Waals surface area contributed by atoms with Crippen molar-refractivity contribution in [2.24, 2.45) is 0 Å². The Hall–Kier alpha value is -2.05. The minimum Gasteiger partial charge on any atom is -0.372 e. The first kappa shape index (κ1) is 18.3. The smallest absolute Gasteiger partial charge is 0.243 e. The topological polar surface area (TPSA) is 43.9 Å². The molecule has 6 heteroatoms. The van der Waals surface area contributed by atoms with E-state index in [-0.39, 0.29) is 0 Å². The van der Waals surface area contributed by atoms with Crippen LogP contribution in [0.4, 0.5) is 11.4 Å². The maximum Gasteiger partial charge on any atom is 0.243 e. The Labute approximate surface area is 162 Å². The summed E-state index contributed by atoms with van der Waals surface area (Å²) in [6.45, 7) is 4.77. The summed E-state index contributed by atoms with van der Waals surface area (Å²) in [5.74, 6) is 0. The van der Waals surface area contributed by atoms with Gasteiger partial charge in [0.25, 0.3) is 0 Å². The molecule has 0 N–H and O–H groups in total. The molecule has 0 aromatic heterocycles. The number of hydrogen-bond donors (Lipinski definition) is 0. The largest absolute Gasteiger partial charge is 0.372 e. The Kier molecular flexibility index (Phi) is 5.36. The van der Waals surface area contributed by atoms with E-state index in [4.69, 9.17) is 0 Å². The Morgan fingerprint density at radius 3 is 1.67 bits per heavy atom. The molecule has 0 saturated carbocycles. The molecule has 0 amide bonds. The molecule has 4 rings (SSSR count). The highest BCUT2D eigenvalue weighted by Crippen LogP contribution is 2.25. The third-order valence-electron chi connectivity index (χ3n) is 5.56. The molecule has 5 nitrogen and oxygen atoms in total. The number of piperazine rings is 1. The van der Waals surface area contributed by atoms with Gasteiger partial charge < -0.3 is 9.80 Å². The van der Waals surface area contributed by atoms with E-state index in [1.807, 2.05) is 6.07 Å². The lowest BCUT2D eigenvalue weighted by Crippen LogP contribution is -2.48. The van der Waals surface area contributed by atoms with Gasteiger partial charge in [-0.25, -0.2) is 8.42 Å². The average molecular weight is 386 g/mol. The van der Waals surface area contributed by atoms with E-state index in [0.29, 0.717) is 18.0 Å². The van der Waals surface area contributed by atoms with Crippen molar-refractivity contribution < 1.29 is 8.42 Å². The first-order valence-electron chi connectivity index (χ1n) is 9.80. The van der Waals surface area contributed by atoms with Crippen molar-refractivity contribution >= 4 is 21.4 Å². The van der Waals surface area contributed by atoms with E-state index in [9.17, 15) is 8.42 Å². The predicted molar refractivity (Wildman–Crippen MR) is 110 cm³/mol. The summed E-state index contributed by atoms with van der Waals surface area (Å²) in [5, 5.41) is 0. The number of rotatable bonds is 4. The molecular formula is C21H27N3O2S. The number of nitrogens with zero attached hydrogens (tertiary/aromatic N) is 3. The molecule has 0 unspecified atom stereocenters. The van der Waals surface area contributed by atoms with Gasteiger partial charge >= 0.3 is 0 Å². The van der Waals surface area contributed by atoms with Crippen LogP contribution in [0.2, 0.25) is 0 Å². The maximum atomic E-state index is 12.8. The van der Waals surface area contributed by atoms with Crippen LogP contribution >= 0.6 is 0 Å². The van der Waals surface area contributed by atoms with E-state index in [1.165, 1.54) is 30.6 Å². The summed E-state index contributed by atoms with van der Waals surface area (Å²) in [5.41, 5.74) is 2.47. The lowest BCUT2D eigenvalue weighted by Gasteiger charge is -2.36. The fraction of sp³-hybridized carbons (Fsp3) is 0.429. The van der Waals surface area contributed by atoms with Gasteiger partial charge in [-0.1, -0.05) is 18.2 Å². The number of hydrogen-bond acceptors (Lipinski definition) is 4. The second-order valence-electron chi connectivity index (χ2n) is 7.27. The molecule has 0 spiro atoms. The summed E-state index contributed by atoms with van der Waals surface area (Å²) in [6.07, 6.45) is 3.89. The van der Waals surface area contributed by atoms with Gasteiger partial charge in [-0.05, 0) is 55.7 Å². The van der Waals surface area contributed by atoms with Crippen molar-refractivity contribution in [1.82, 2.24) is 4.31 Å². The lowest BCUT2D eigenvalue weighted by atomic mass is 10.1. The van der Waals surface area contributed by atoms with Gasteiger partial charge in [0.15, 0.2) is 0 Å². The highest BCUT2D eigenvalue weighted by atomic mass is 32.2. The summed E-state index contributed by atoms with van der Waals surface area (Å²) < 4.78 is 27.1. The van der Waals surface area contributed by atoms with Crippen LogP contribution in [0.5, 0.6) is 0 Å². The van der Waals surface area contributed by atoms with Crippen LogP contribution in [-0.2, 0) is 10.0 Å². The molecule has 0 radical (unpaired) electrons. The van der Waals surface area contributed by atoms with Gasteiger partial charge in [0.1, 0.15) is 0 Å². The van der Waals surface area contributed by atoms with Crippen LogP contribution < -0.4 is 9.80 Å². The first-order valence-corrected chi connectivity index (χ1v) is 11.2. The van der Waals surface area contributed by atoms with Gasteiger partial charge in [0.05, 0.1) is 4.90 Å². The molecule has 2 aromatic carbocycles. The van der Waals surface area contributed by atoms with Gasteiger partial charge in [-0.3, -0.25) is 0 Å². The van der Waals surface area contributed by atoms with Gasteiger partial charge in [-0.2, -0.15) is 4.31 Å². The van der Waals surface area contributed by atoms with Crippen molar-refractivity contribution in [3.63, 3.8) is 0 Å². The summed E-state index contributed by atoms with van der Waals surface area (Å²) >= 11 is 0. The molecule has 2 aliphatic heterocycles. The maximum absolute atomic E-state index is 12.8. The van der Waals surface area contributed by atoms with Crippen molar-refractivity contribution in [3.8, 4) is 0 Å². The Morgan fingerprint density at radius 2 is 1.11 bits per heavy atom. The number of benzene rings is 2. The average Bonchev–Trinajstić information content (AvgIpc) is 2.75. The van der Waals surface area contributed by atoms with E-state index >= 15 is 0 Å². The quantitative estimate of drug-likeness (QED) is 0.811. The minimum atomic E-state index is -3.39. The van der Waals surface area contributed by atoms with Gasteiger partial charge in [0, 0.05) is 50.6 Å². The Balaban J connectivity index is 1.39. The number of anilines is 2. The van der Waals surface area contributed by atoms with Crippen LogP contribution in [0.1, 0.15) is 19.3 Å². The molecule has 27 heavy (non-hydrogen) atoms.